The minimum atomic E-state index is -4.64. The predicted molar refractivity (Wildman–Crippen MR) is 113 cm³/mol. The lowest BCUT2D eigenvalue weighted by molar-refractivity contribution is -0.137. The summed E-state index contributed by atoms with van der Waals surface area (Å²) in [6, 6.07) is 2.54. The molecular formula is C21H30F3N3O5. The molecule has 8 nitrogen and oxygen atoms in total. The minimum absolute atomic E-state index is 0.0486. The lowest BCUT2D eigenvalue weighted by atomic mass is 10.1. The van der Waals surface area contributed by atoms with Crippen molar-refractivity contribution in [3.8, 4) is 0 Å². The molecule has 0 aliphatic heterocycles. The topological polar surface area (TPSA) is 106 Å². The van der Waals surface area contributed by atoms with Crippen LogP contribution in [0.25, 0.3) is 0 Å². The van der Waals surface area contributed by atoms with Crippen LogP contribution in [0.4, 0.5) is 34.1 Å². The molecule has 0 saturated heterocycles. The van der Waals surface area contributed by atoms with E-state index < -0.39 is 41.0 Å². The minimum Gasteiger partial charge on any atom is -0.444 e. The second-order valence-electron chi connectivity index (χ2n) is 8.97. The van der Waals surface area contributed by atoms with Crippen LogP contribution in [0.2, 0.25) is 0 Å². The van der Waals surface area contributed by atoms with Crippen LogP contribution < -0.4 is 16.0 Å². The van der Waals surface area contributed by atoms with Gasteiger partial charge in [0.05, 0.1) is 16.9 Å². The van der Waals surface area contributed by atoms with E-state index >= 15 is 0 Å². The van der Waals surface area contributed by atoms with Crippen molar-refractivity contribution in [1.82, 2.24) is 5.32 Å². The lowest BCUT2D eigenvalue weighted by Crippen LogP contribution is -2.33. The van der Waals surface area contributed by atoms with Gasteiger partial charge in [-0.25, -0.2) is 9.59 Å². The number of hydrogen-bond donors (Lipinski definition) is 3. The van der Waals surface area contributed by atoms with Crippen LogP contribution in [0.15, 0.2) is 18.2 Å². The Labute approximate surface area is 185 Å². The molecule has 0 aromatic heterocycles. The molecule has 3 amide bonds. The van der Waals surface area contributed by atoms with Gasteiger partial charge < -0.3 is 20.1 Å². The van der Waals surface area contributed by atoms with Crippen LogP contribution in [0.1, 0.15) is 59.9 Å². The van der Waals surface area contributed by atoms with E-state index in [1.165, 1.54) is 0 Å². The third-order valence-corrected chi connectivity index (χ3v) is 3.51. The Morgan fingerprint density at radius 2 is 1.41 bits per heavy atom. The van der Waals surface area contributed by atoms with Crippen molar-refractivity contribution in [2.75, 3.05) is 17.2 Å². The number of amides is 3. The molecule has 0 aliphatic rings. The number of anilines is 2. The molecule has 0 spiro atoms. The molecule has 3 N–H and O–H groups in total. The number of alkyl carbamates (subject to hydrolysis) is 1. The van der Waals surface area contributed by atoms with Gasteiger partial charge in [-0.15, -0.1) is 0 Å². The van der Waals surface area contributed by atoms with Gasteiger partial charge in [-0.3, -0.25) is 10.1 Å². The molecule has 0 aliphatic carbocycles. The summed E-state index contributed by atoms with van der Waals surface area (Å²) in [6.45, 7) is 10.1. The number of ether oxygens (including phenoxy) is 2. The number of hydrogen-bond acceptors (Lipinski definition) is 5. The summed E-state index contributed by atoms with van der Waals surface area (Å²) >= 11 is 0. The smallest absolute Gasteiger partial charge is 0.416 e. The maximum atomic E-state index is 13.1. The molecule has 0 heterocycles. The molecule has 180 valence electrons. The number of halogens is 3. The number of rotatable bonds is 6. The molecule has 0 unspecified atom stereocenters. The molecule has 0 fully saturated rings. The summed E-state index contributed by atoms with van der Waals surface area (Å²) in [5, 5.41) is 7.19. The quantitative estimate of drug-likeness (QED) is 0.499. The van der Waals surface area contributed by atoms with E-state index in [-0.39, 0.29) is 30.8 Å². The summed E-state index contributed by atoms with van der Waals surface area (Å²) in [5.41, 5.74) is -2.75. The first-order valence-electron chi connectivity index (χ1n) is 9.94. The van der Waals surface area contributed by atoms with Gasteiger partial charge in [-0.1, -0.05) is 0 Å². The first-order valence-corrected chi connectivity index (χ1v) is 9.94. The predicted octanol–water partition coefficient (Wildman–Crippen LogP) is 5.30. The van der Waals surface area contributed by atoms with Gasteiger partial charge in [-0.05, 0) is 66.2 Å². The van der Waals surface area contributed by atoms with Crippen molar-refractivity contribution in [3.05, 3.63) is 23.8 Å². The third-order valence-electron chi connectivity index (χ3n) is 3.51. The fourth-order valence-corrected chi connectivity index (χ4v) is 2.31. The highest BCUT2D eigenvalue weighted by Gasteiger charge is 2.31. The van der Waals surface area contributed by atoms with Crippen molar-refractivity contribution in [1.29, 1.82) is 0 Å². The zero-order chi connectivity index (χ0) is 24.7. The molecule has 32 heavy (non-hydrogen) atoms. The van der Waals surface area contributed by atoms with Gasteiger partial charge >= 0.3 is 18.4 Å². The van der Waals surface area contributed by atoms with E-state index in [0.29, 0.717) is 0 Å². The monoisotopic (exact) mass is 461 g/mol. The normalized spacial score (nSPS) is 12.0. The summed E-state index contributed by atoms with van der Waals surface area (Å²) in [4.78, 5) is 35.8. The molecule has 0 atom stereocenters. The van der Waals surface area contributed by atoms with Gasteiger partial charge in [0.25, 0.3) is 0 Å². The van der Waals surface area contributed by atoms with Crippen LogP contribution in [-0.4, -0.2) is 35.8 Å². The van der Waals surface area contributed by atoms with E-state index in [0.717, 1.165) is 18.2 Å². The van der Waals surface area contributed by atoms with Crippen molar-refractivity contribution >= 4 is 29.5 Å². The molecular weight excluding hydrogens is 431 g/mol. The molecule has 11 heteroatoms. The number of nitrogens with one attached hydrogen (secondary N) is 3. The van der Waals surface area contributed by atoms with Gasteiger partial charge in [0.1, 0.15) is 11.2 Å². The van der Waals surface area contributed by atoms with E-state index in [9.17, 15) is 27.6 Å². The number of carbonyl (C=O) groups excluding carboxylic acids is 3. The van der Waals surface area contributed by atoms with Crippen molar-refractivity contribution in [3.63, 3.8) is 0 Å². The number of alkyl halides is 3. The maximum absolute atomic E-state index is 13.1. The fraction of sp³-hybridized carbons (Fsp3) is 0.571. The van der Waals surface area contributed by atoms with E-state index in [1.807, 2.05) is 0 Å². The van der Waals surface area contributed by atoms with Gasteiger partial charge in [0.15, 0.2) is 0 Å². The van der Waals surface area contributed by atoms with Crippen molar-refractivity contribution < 1.29 is 37.0 Å². The Hall–Kier alpha value is -2.98. The Balaban J connectivity index is 2.79. The van der Waals surface area contributed by atoms with E-state index in [1.54, 1.807) is 41.5 Å². The molecule has 0 radical (unpaired) electrons. The van der Waals surface area contributed by atoms with Gasteiger partial charge in [0, 0.05) is 13.0 Å². The van der Waals surface area contributed by atoms with Crippen LogP contribution in [0.3, 0.4) is 0 Å². The summed E-state index contributed by atoms with van der Waals surface area (Å²) in [6.07, 6.45) is -6.02. The second kappa shape index (κ2) is 10.6. The summed E-state index contributed by atoms with van der Waals surface area (Å²) in [5.74, 6) is -0.595. The zero-order valence-electron chi connectivity index (χ0n) is 19.0. The number of carbonyl (C=O) groups is 3. The average molecular weight is 461 g/mol. The fourth-order valence-electron chi connectivity index (χ4n) is 2.31. The molecule has 1 aromatic rings. The first kappa shape index (κ1) is 27.1. The molecule has 1 rings (SSSR count). The largest absolute Gasteiger partial charge is 0.444 e. The van der Waals surface area contributed by atoms with E-state index in [2.05, 4.69) is 16.0 Å². The van der Waals surface area contributed by atoms with Crippen LogP contribution in [-0.2, 0) is 20.4 Å². The third kappa shape index (κ3) is 10.9. The van der Waals surface area contributed by atoms with Crippen LogP contribution in [0, 0.1) is 0 Å². The lowest BCUT2D eigenvalue weighted by Gasteiger charge is -2.21. The van der Waals surface area contributed by atoms with Crippen molar-refractivity contribution in [2.24, 2.45) is 0 Å². The standard InChI is InChI=1S/C21H30F3N3O5/c1-19(2,3)31-17(29)25-11-7-8-16(28)26-15-12-13(21(22,23)24)9-10-14(15)27-18(30)32-20(4,5)6/h9-10,12H,7-8,11H2,1-6H3,(H,25,29)(H,26,28)(H,27,30). The Morgan fingerprint density at radius 3 is 1.94 bits per heavy atom. The van der Waals surface area contributed by atoms with Crippen molar-refractivity contribution in [2.45, 2.75) is 71.8 Å². The van der Waals surface area contributed by atoms with E-state index in [4.69, 9.17) is 9.47 Å². The number of benzene rings is 1. The summed E-state index contributed by atoms with van der Waals surface area (Å²) < 4.78 is 49.4. The average Bonchev–Trinajstić information content (AvgIpc) is 2.56. The highest BCUT2D eigenvalue weighted by molar-refractivity contribution is 5.98. The molecule has 0 bridgehead atoms. The molecule has 0 saturated carbocycles. The highest BCUT2D eigenvalue weighted by Crippen LogP contribution is 2.34. The molecule has 1 aromatic carbocycles. The van der Waals surface area contributed by atoms with Gasteiger partial charge in [0.2, 0.25) is 5.91 Å². The Morgan fingerprint density at radius 1 is 0.844 bits per heavy atom. The Kier molecular flexibility index (Phi) is 8.93. The highest BCUT2D eigenvalue weighted by atomic mass is 19.4. The van der Waals surface area contributed by atoms with Crippen LogP contribution in [0.5, 0.6) is 0 Å². The SMILES string of the molecule is CC(C)(C)OC(=O)NCCCC(=O)Nc1cc(C(F)(F)F)ccc1NC(=O)OC(C)(C)C. The van der Waals surface area contributed by atoms with Gasteiger partial charge in [-0.2, -0.15) is 13.2 Å². The van der Waals surface area contributed by atoms with Crippen LogP contribution >= 0.6 is 0 Å². The zero-order valence-corrected chi connectivity index (χ0v) is 19.0. The summed E-state index contributed by atoms with van der Waals surface area (Å²) in [7, 11) is 0. The Bertz CT molecular complexity index is 827. The second-order valence-corrected chi connectivity index (χ2v) is 8.97. The first-order chi connectivity index (χ1) is 14.5. The maximum Gasteiger partial charge on any atom is 0.416 e.